The largest absolute Gasteiger partial charge is 0.507 e. The van der Waals surface area contributed by atoms with Crippen molar-refractivity contribution in [2.75, 3.05) is 4.90 Å². The number of aliphatic hydroxyl groups excluding tert-OH is 1. The van der Waals surface area contributed by atoms with E-state index >= 15 is 0 Å². The van der Waals surface area contributed by atoms with E-state index < -0.39 is 17.7 Å². The highest BCUT2D eigenvalue weighted by Crippen LogP contribution is 2.42. The van der Waals surface area contributed by atoms with E-state index in [2.05, 4.69) is 4.98 Å². The summed E-state index contributed by atoms with van der Waals surface area (Å²) >= 11 is 1.28. The second-order valence-corrected chi connectivity index (χ2v) is 7.63. The van der Waals surface area contributed by atoms with Gasteiger partial charge in [0.2, 0.25) is 0 Å². The van der Waals surface area contributed by atoms with Gasteiger partial charge in [0.05, 0.1) is 11.6 Å². The molecule has 140 valence electrons. The van der Waals surface area contributed by atoms with Crippen LogP contribution in [0.2, 0.25) is 0 Å². The van der Waals surface area contributed by atoms with Gasteiger partial charge in [-0.25, -0.2) is 4.98 Å². The Kier molecular flexibility index (Phi) is 4.57. The molecule has 0 saturated carbocycles. The van der Waals surface area contributed by atoms with Crippen LogP contribution >= 0.6 is 11.3 Å². The lowest BCUT2D eigenvalue weighted by Gasteiger charge is -2.23. The van der Waals surface area contributed by atoms with Crippen molar-refractivity contribution in [2.45, 2.75) is 19.9 Å². The molecule has 5 nitrogen and oxygen atoms in total. The molecule has 28 heavy (non-hydrogen) atoms. The Morgan fingerprint density at radius 1 is 1.00 bits per heavy atom. The number of hydrogen-bond donors (Lipinski definition) is 1. The van der Waals surface area contributed by atoms with Crippen LogP contribution in [0.15, 0.2) is 65.7 Å². The number of anilines is 1. The van der Waals surface area contributed by atoms with Gasteiger partial charge in [0, 0.05) is 17.1 Å². The molecule has 1 aromatic heterocycles. The SMILES string of the molecule is Cc1ccc(C(O)=C2C(=O)C(=O)N(c3nccs3)[C@H]2c2ccc(C)cc2)cc1. The Hall–Kier alpha value is -3.25. The molecule has 0 spiro atoms. The number of thiazole rings is 1. The molecule has 1 amide bonds. The molecule has 1 fully saturated rings. The van der Waals surface area contributed by atoms with Crippen LogP contribution in [0.1, 0.15) is 28.3 Å². The maximum atomic E-state index is 12.9. The van der Waals surface area contributed by atoms with Gasteiger partial charge in [-0.2, -0.15) is 0 Å². The van der Waals surface area contributed by atoms with Crippen molar-refractivity contribution in [2.24, 2.45) is 0 Å². The summed E-state index contributed by atoms with van der Waals surface area (Å²) in [4.78, 5) is 31.4. The maximum Gasteiger partial charge on any atom is 0.301 e. The first kappa shape index (κ1) is 18.1. The molecule has 2 heterocycles. The summed E-state index contributed by atoms with van der Waals surface area (Å²) in [6, 6.07) is 14.0. The van der Waals surface area contributed by atoms with Gasteiger partial charge in [-0.1, -0.05) is 59.7 Å². The molecule has 4 rings (SSSR count). The number of amides is 1. The monoisotopic (exact) mass is 390 g/mol. The van der Waals surface area contributed by atoms with E-state index in [-0.39, 0.29) is 11.3 Å². The molecule has 0 unspecified atom stereocenters. The predicted molar refractivity (Wildman–Crippen MR) is 109 cm³/mol. The van der Waals surface area contributed by atoms with Crippen molar-refractivity contribution in [3.8, 4) is 0 Å². The fourth-order valence-electron chi connectivity index (χ4n) is 3.30. The van der Waals surface area contributed by atoms with Gasteiger partial charge in [-0.3, -0.25) is 14.5 Å². The van der Waals surface area contributed by atoms with E-state index in [1.807, 2.05) is 50.2 Å². The highest BCUT2D eigenvalue weighted by atomic mass is 32.1. The van der Waals surface area contributed by atoms with Crippen molar-refractivity contribution in [1.82, 2.24) is 4.98 Å². The van der Waals surface area contributed by atoms with Gasteiger partial charge in [0.25, 0.3) is 5.78 Å². The first-order valence-electron chi connectivity index (χ1n) is 8.81. The molecule has 1 atom stereocenters. The number of hydrogen-bond acceptors (Lipinski definition) is 5. The number of rotatable bonds is 3. The van der Waals surface area contributed by atoms with E-state index in [4.69, 9.17) is 0 Å². The first-order chi connectivity index (χ1) is 13.5. The Balaban J connectivity index is 1.93. The summed E-state index contributed by atoms with van der Waals surface area (Å²) in [7, 11) is 0. The van der Waals surface area contributed by atoms with Crippen molar-refractivity contribution in [1.29, 1.82) is 0 Å². The third-order valence-electron chi connectivity index (χ3n) is 4.79. The quantitative estimate of drug-likeness (QED) is 0.409. The third-order valence-corrected chi connectivity index (χ3v) is 5.56. The zero-order chi connectivity index (χ0) is 19.8. The second kappa shape index (κ2) is 7.05. The minimum Gasteiger partial charge on any atom is -0.507 e. The zero-order valence-corrected chi connectivity index (χ0v) is 16.2. The van der Waals surface area contributed by atoms with E-state index in [0.29, 0.717) is 10.7 Å². The minimum absolute atomic E-state index is 0.0768. The number of benzene rings is 2. The summed E-state index contributed by atoms with van der Waals surface area (Å²) < 4.78 is 0. The van der Waals surface area contributed by atoms with E-state index in [9.17, 15) is 14.7 Å². The van der Waals surface area contributed by atoms with Gasteiger partial charge >= 0.3 is 5.91 Å². The Morgan fingerprint density at radius 3 is 2.18 bits per heavy atom. The van der Waals surface area contributed by atoms with Gasteiger partial charge in [-0.15, -0.1) is 11.3 Å². The lowest BCUT2D eigenvalue weighted by molar-refractivity contribution is -0.132. The summed E-state index contributed by atoms with van der Waals surface area (Å²) in [6.07, 6.45) is 1.59. The van der Waals surface area contributed by atoms with Crippen molar-refractivity contribution >= 4 is 33.9 Å². The minimum atomic E-state index is -0.729. The normalized spacial score (nSPS) is 18.6. The summed E-state index contributed by atoms with van der Waals surface area (Å²) in [5, 5.41) is 13.1. The number of aromatic nitrogens is 1. The predicted octanol–water partition coefficient (Wildman–Crippen LogP) is 4.39. The highest BCUT2D eigenvalue weighted by Gasteiger charge is 2.47. The van der Waals surface area contributed by atoms with E-state index in [1.54, 1.807) is 23.7 Å². The third kappa shape index (κ3) is 3.01. The molecule has 1 saturated heterocycles. The molecule has 1 N–H and O–H groups in total. The highest BCUT2D eigenvalue weighted by molar-refractivity contribution is 7.14. The van der Waals surface area contributed by atoms with Crippen molar-refractivity contribution < 1.29 is 14.7 Å². The topological polar surface area (TPSA) is 70.5 Å². The van der Waals surface area contributed by atoms with Gasteiger partial charge in [0.15, 0.2) is 5.13 Å². The Morgan fingerprint density at radius 2 is 1.61 bits per heavy atom. The average molecular weight is 390 g/mol. The van der Waals surface area contributed by atoms with E-state index in [1.165, 1.54) is 16.2 Å². The molecule has 6 heteroatoms. The molecular weight excluding hydrogens is 372 g/mol. The van der Waals surface area contributed by atoms with Crippen LogP contribution in [0.4, 0.5) is 5.13 Å². The average Bonchev–Trinajstić information content (AvgIpc) is 3.30. The van der Waals surface area contributed by atoms with Crippen LogP contribution in [-0.4, -0.2) is 21.8 Å². The number of carbonyl (C=O) groups excluding carboxylic acids is 2. The Labute approximate surface area is 166 Å². The van der Waals surface area contributed by atoms with Gasteiger partial charge in [0.1, 0.15) is 5.76 Å². The van der Waals surface area contributed by atoms with Crippen LogP contribution in [0.3, 0.4) is 0 Å². The molecule has 1 aliphatic heterocycles. The lowest BCUT2D eigenvalue weighted by atomic mass is 9.94. The summed E-state index contributed by atoms with van der Waals surface area (Å²) in [6.45, 7) is 3.91. The van der Waals surface area contributed by atoms with Crippen LogP contribution in [0.25, 0.3) is 5.76 Å². The first-order valence-corrected chi connectivity index (χ1v) is 9.69. The number of carbonyl (C=O) groups is 2. The molecular formula is C22H18N2O3S. The summed E-state index contributed by atoms with van der Waals surface area (Å²) in [5.41, 5.74) is 3.42. The zero-order valence-electron chi connectivity index (χ0n) is 15.4. The van der Waals surface area contributed by atoms with Crippen LogP contribution in [-0.2, 0) is 9.59 Å². The lowest BCUT2D eigenvalue weighted by Crippen LogP contribution is -2.29. The molecule has 3 aromatic rings. The van der Waals surface area contributed by atoms with Gasteiger partial charge in [-0.05, 0) is 19.4 Å². The number of ketones is 1. The number of Topliss-reactive ketones (excluding diaryl/α,β-unsaturated/α-hetero) is 1. The fourth-order valence-corrected chi connectivity index (χ4v) is 3.96. The smallest absolute Gasteiger partial charge is 0.301 e. The summed E-state index contributed by atoms with van der Waals surface area (Å²) in [5.74, 6) is -1.57. The molecule has 0 aliphatic carbocycles. The second-order valence-electron chi connectivity index (χ2n) is 6.76. The number of aryl methyl sites for hydroxylation is 2. The van der Waals surface area contributed by atoms with Crippen LogP contribution in [0.5, 0.6) is 0 Å². The molecule has 1 aliphatic rings. The molecule has 0 radical (unpaired) electrons. The van der Waals surface area contributed by atoms with Crippen molar-refractivity contribution in [3.63, 3.8) is 0 Å². The maximum absolute atomic E-state index is 12.9. The van der Waals surface area contributed by atoms with Crippen LogP contribution in [0, 0.1) is 13.8 Å². The molecule has 2 aromatic carbocycles. The molecule has 0 bridgehead atoms. The standard InChI is InChI=1S/C22H18N2O3S/c1-13-3-7-15(8-4-13)18-17(19(25)16-9-5-14(2)6-10-16)20(26)21(27)24(18)22-23-11-12-28-22/h3-12,18,25H,1-2H3/t18-/m0/s1. The van der Waals surface area contributed by atoms with E-state index in [0.717, 1.165) is 16.7 Å². The Bertz CT molecular complexity index is 1070. The number of aliphatic hydroxyl groups is 1. The van der Waals surface area contributed by atoms with Crippen LogP contribution < -0.4 is 4.90 Å². The van der Waals surface area contributed by atoms with Crippen molar-refractivity contribution in [3.05, 3.63) is 87.9 Å². The fraction of sp³-hybridized carbons (Fsp3) is 0.136. The number of nitrogens with zero attached hydrogens (tertiary/aromatic N) is 2. The van der Waals surface area contributed by atoms with Gasteiger partial charge < -0.3 is 5.11 Å².